The van der Waals surface area contributed by atoms with Crippen molar-refractivity contribution in [1.82, 2.24) is 5.43 Å². The minimum Gasteiger partial charge on any atom is -0.494 e. The summed E-state index contributed by atoms with van der Waals surface area (Å²) in [6, 6.07) is 7.79. The van der Waals surface area contributed by atoms with Gasteiger partial charge in [0.1, 0.15) is 5.75 Å². The van der Waals surface area contributed by atoms with E-state index in [1.807, 2.05) is 38.1 Å². The quantitative estimate of drug-likeness (QED) is 0.664. The van der Waals surface area contributed by atoms with E-state index >= 15 is 0 Å². The van der Waals surface area contributed by atoms with Crippen LogP contribution in [0, 0.1) is 17.3 Å². The van der Waals surface area contributed by atoms with Gasteiger partial charge in [-0.15, -0.1) is 0 Å². The van der Waals surface area contributed by atoms with Gasteiger partial charge < -0.3 is 4.74 Å². The molecule has 124 valence electrons. The zero-order chi connectivity index (χ0) is 16.4. The maximum atomic E-state index is 12.4. The number of benzene rings is 1. The van der Waals surface area contributed by atoms with Crippen molar-refractivity contribution in [2.45, 2.75) is 46.5 Å². The standard InChI is InChI=1S/C19H26N2O2/c1-4-23-15-10-8-14(9-11-15)13(2)20-21-18(22)17-16-7-5-6-12-19(16,17)3/h8-11,16-17H,4-7,12H2,1-3H3,(H,21,22)/b20-13-/t16-,17-,19+/m1/s1. The highest BCUT2D eigenvalue weighted by Crippen LogP contribution is 2.66. The van der Waals surface area contributed by atoms with Crippen LogP contribution in [0.25, 0.3) is 0 Å². The predicted octanol–water partition coefficient (Wildman–Crippen LogP) is 3.75. The van der Waals surface area contributed by atoms with E-state index in [9.17, 15) is 4.79 Å². The highest BCUT2D eigenvalue weighted by Gasteiger charge is 2.64. The number of ether oxygens (including phenoxy) is 1. The average Bonchev–Trinajstić information content (AvgIpc) is 3.19. The van der Waals surface area contributed by atoms with Crippen LogP contribution in [0.5, 0.6) is 5.75 Å². The summed E-state index contributed by atoms with van der Waals surface area (Å²) in [5.41, 5.74) is 4.82. The van der Waals surface area contributed by atoms with Crippen molar-refractivity contribution in [3.8, 4) is 5.75 Å². The van der Waals surface area contributed by atoms with Crippen LogP contribution >= 0.6 is 0 Å². The summed E-state index contributed by atoms with van der Waals surface area (Å²) in [7, 11) is 0. The molecule has 4 heteroatoms. The number of nitrogens with one attached hydrogen (secondary N) is 1. The Morgan fingerprint density at radius 3 is 2.70 bits per heavy atom. The third kappa shape index (κ3) is 3.12. The van der Waals surface area contributed by atoms with Gasteiger partial charge in [-0.25, -0.2) is 5.43 Å². The fourth-order valence-electron chi connectivity index (χ4n) is 4.08. The molecular weight excluding hydrogens is 288 g/mol. The molecule has 0 spiro atoms. The topological polar surface area (TPSA) is 50.7 Å². The van der Waals surface area contributed by atoms with E-state index in [4.69, 9.17) is 4.74 Å². The van der Waals surface area contributed by atoms with Crippen LogP contribution in [0.4, 0.5) is 0 Å². The molecule has 2 fully saturated rings. The summed E-state index contributed by atoms with van der Waals surface area (Å²) in [4.78, 5) is 12.4. The molecule has 1 amide bonds. The van der Waals surface area contributed by atoms with Crippen LogP contribution < -0.4 is 10.2 Å². The minimum absolute atomic E-state index is 0.0877. The molecule has 2 aliphatic rings. The summed E-state index contributed by atoms with van der Waals surface area (Å²) in [5.74, 6) is 1.66. The van der Waals surface area contributed by atoms with Crippen LogP contribution in [0.3, 0.4) is 0 Å². The Hall–Kier alpha value is -1.84. The van der Waals surface area contributed by atoms with Gasteiger partial charge in [-0.3, -0.25) is 4.79 Å². The van der Waals surface area contributed by atoms with Crippen LogP contribution in [0.2, 0.25) is 0 Å². The van der Waals surface area contributed by atoms with Crippen LogP contribution in [0.15, 0.2) is 29.4 Å². The van der Waals surface area contributed by atoms with Gasteiger partial charge in [0.2, 0.25) is 5.91 Å². The van der Waals surface area contributed by atoms with Crippen LogP contribution in [-0.2, 0) is 4.79 Å². The fraction of sp³-hybridized carbons (Fsp3) is 0.579. The Kier molecular flexibility index (Phi) is 4.42. The zero-order valence-electron chi connectivity index (χ0n) is 14.3. The van der Waals surface area contributed by atoms with Gasteiger partial charge in [-0.1, -0.05) is 19.8 Å². The molecule has 0 aliphatic heterocycles. The molecule has 1 aromatic rings. The zero-order valence-corrected chi connectivity index (χ0v) is 14.3. The molecule has 2 saturated carbocycles. The highest BCUT2D eigenvalue weighted by atomic mass is 16.5. The lowest BCUT2D eigenvalue weighted by molar-refractivity contribution is -0.123. The third-order valence-electron chi connectivity index (χ3n) is 5.53. The number of hydrogen-bond donors (Lipinski definition) is 1. The van der Waals surface area contributed by atoms with Crippen molar-refractivity contribution in [2.24, 2.45) is 22.4 Å². The number of amides is 1. The first-order valence-corrected chi connectivity index (χ1v) is 8.63. The highest BCUT2D eigenvalue weighted by molar-refractivity contribution is 5.99. The predicted molar refractivity (Wildman–Crippen MR) is 91.5 cm³/mol. The maximum absolute atomic E-state index is 12.4. The van der Waals surface area contributed by atoms with Gasteiger partial charge in [0, 0.05) is 5.92 Å². The molecule has 2 aliphatic carbocycles. The Morgan fingerprint density at radius 2 is 2.09 bits per heavy atom. The Bertz CT molecular complexity index is 608. The van der Waals surface area contributed by atoms with Crippen molar-refractivity contribution in [2.75, 3.05) is 6.61 Å². The Balaban J connectivity index is 1.60. The normalized spacial score (nSPS) is 29.6. The molecule has 1 N–H and O–H groups in total. The number of rotatable bonds is 5. The van der Waals surface area contributed by atoms with Gasteiger partial charge in [0.05, 0.1) is 12.3 Å². The van der Waals surface area contributed by atoms with Crippen molar-refractivity contribution < 1.29 is 9.53 Å². The molecule has 0 radical (unpaired) electrons. The van der Waals surface area contributed by atoms with E-state index in [-0.39, 0.29) is 17.2 Å². The fourth-order valence-corrected chi connectivity index (χ4v) is 4.08. The maximum Gasteiger partial charge on any atom is 0.244 e. The molecule has 0 bridgehead atoms. The van der Waals surface area contributed by atoms with E-state index in [1.165, 1.54) is 25.7 Å². The van der Waals surface area contributed by atoms with E-state index in [2.05, 4.69) is 17.5 Å². The molecule has 23 heavy (non-hydrogen) atoms. The average molecular weight is 314 g/mol. The molecule has 3 atom stereocenters. The minimum atomic E-state index is 0.0877. The summed E-state index contributed by atoms with van der Waals surface area (Å²) in [5, 5.41) is 4.30. The molecule has 0 unspecified atom stereocenters. The Labute approximate surface area is 138 Å². The molecule has 0 saturated heterocycles. The van der Waals surface area contributed by atoms with Crippen molar-refractivity contribution in [3.05, 3.63) is 29.8 Å². The second-order valence-corrected chi connectivity index (χ2v) is 6.97. The number of fused-ring (bicyclic) bond motifs is 1. The molecular formula is C19H26N2O2. The molecule has 0 aromatic heterocycles. The van der Waals surface area contributed by atoms with E-state index < -0.39 is 0 Å². The lowest BCUT2D eigenvalue weighted by Crippen LogP contribution is -2.23. The number of nitrogens with zero attached hydrogens (tertiary/aromatic N) is 1. The molecule has 3 rings (SSSR count). The molecule has 0 heterocycles. The monoisotopic (exact) mass is 314 g/mol. The van der Waals surface area contributed by atoms with Crippen molar-refractivity contribution in [1.29, 1.82) is 0 Å². The molecule has 1 aromatic carbocycles. The smallest absolute Gasteiger partial charge is 0.244 e. The van der Waals surface area contributed by atoms with Crippen LogP contribution in [0.1, 0.15) is 52.0 Å². The number of hydrazone groups is 1. The van der Waals surface area contributed by atoms with Gasteiger partial charge in [0.15, 0.2) is 0 Å². The lowest BCUT2D eigenvalue weighted by Gasteiger charge is -2.15. The number of carbonyl (C=O) groups excluding carboxylic acids is 1. The third-order valence-corrected chi connectivity index (χ3v) is 5.53. The first kappa shape index (κ1) is 16.0. The van der Waals surface area contributed by atoms with E-state index in [0.29, 0.717) is 12.5 Å². The summed E-state index contributed by atoms with van der Waals surface area (Å²) < 4.78 is 5.43. The van der Waals surface area contributed by atoms with E-state index in [0.717, 1.165) is 17.0 Å². The number of hydrogen-bond acceptors (Lipinski definition) is 3. The summed E-state index contributed by atoms with van der Waals surface area (Å²) >= 11 is 0. The largest absolute Gasteiger partial charge is 0.494 e. The van der Waals surface area contributed by atoms with Crippen molar-refractivity contribution >= 4 is 11.6 Å². The van der Waals surface area contributed by atoms with Crippen molar-refractivity contribution in [3.63, 3.8) is 0 Å². The second-order valence-electron chi connectivity index (χ2n) is 6.97. The summed E-state index contributed by atoms with van der Waals surface area (Å²) in [6.45, 7) is 6.79. The molecule has 4 nitrogen and oxygen atoms in total. The van der Waals surface area contributed by atoms with Gasteiger partial charge in [0.25, 0.3) is 0 Å². The number of carbonyl (C=O) groups is 1. The Morgan fingerprint density at radius 1 is 1.35 bits per heavy atom. The lowest BCUT2D eigenvalue weighted by atomic mass is 9.90. The first-order chi connectivity index (χ1) is 11.1. The van der Waals surface area contributed by atoms with Crippen LogP contribution in [-0.4, -0.2) is 18.2 Å². The first-order valence-electron chi connectivity index (χ1n) is 8.63. The second kappa shape index (κ2) is 6.34. The SMILES string of the molecule is CCOc1ccc(/C(C)=N\NC(=O)[C@H]2[C@H]3CCCC[C@@]32C)cc1. The summed E-state index contributed by atoms with van der Waals surface area (Å²) in [6.07, 6.45) is 4.89. The van der Waals surface area contributed by atoms with Gasteiger partial charge in [-0.2, -0.15) is 5.10 Å². The van der Waals surface area contributed by atoms with E-state index in [1.54, 1.807) is 0 Å². The van der Waals surface area contributed by atoms with Gasteiger partial charge in [-0.05, 0) is 67.9 Å². The van der Waals surface area contributed by atoms with Gasteiger partial charge >= 0.3 is 0 Å².